The number of likely N-dealkylation sites (N-methyl/N-ethyl adjacent to an activating group) is 1. The SMILES string of the molecule is CNCCc1sc(-c2ccco2)nc1-c1ccccc1. The van der Waals surface area contributed by atoms with Crippen LogP contribution in [0, 0.1) is 0 Å². The molecule has 1 N–H and O–H groups in total. The molecule has 0 aliphatic heterocycles. The van der Waals surface area contributed by atoms with E-state index in [0.717, 1.165) is 35.0 Å². The van der Waals surface area contributed by atoms with E-state index in [1.807, 2.05) is 37.4 Å². The predicted molar refractivity (Wildman–Crippen MR) is 82.9 cm³/mol. The van der Waals surface area contributed by atoms with E-state index in [0.29, 0.717) is 0 Å². The molecule has 0 unspecified atom stereocenters. The molecule has 4 heteroatoms. The van der Waals surface area contributed by atoms with Crippen molar-refractivity contribution in [1.29, 1.82) is 0 Å². The molecule has 3 nitrogen and oxygen atoms in total. The molecule has 20 heavy (non-hydrogen) atoms. The van der Waals surface area contributed by atoms with Gasteiger partial charge in [0.05, 0.1) is 12.0 Å². The third kappa shape index (κ3) is 2.66. The number of nitrogens with one attached hydrogen (secondary N) is 1. The summed E-state index contributed by atoms with van der Waals surface area (Å²) in [6.45, 7) is 0.944. The fraction of sp³-hybridized carbons (Fsp3) is 0.188. The van der Waals surface area contributed by atoms with E-state index in [2.05, 4.69) is 17.4 Å². The van der Waals surface area contributed by atoms with Crippen LogP contribution in [0.15, 0.2) is 53.1 Å². The topological polar surface area (TPSA) is 38.1 Å². The summed E-state index contributed by atoms with van der Waals surface area (Å²) in [5.74, 6) is 0.836. The Morgan fingerprint density at radius 1 is 1.15 bits per heavy atom. The predicted octanol–water partition coefficient (Wildman–Crippen LogP) is 3.83. The minimum Gasteiger partial charge on any atom is -0.462 e. The van der Waals surface area contributed by atoms with Crippen molar-refractivity contribution in [3.63, 3.8) is 0 Å². The molecule has 0 radical (unpaired) electrons. The highest BCUT2D eigenvalue weighted by atomic mass is 32.1. The van der Waals surface area contributed by atoms with Crippen LogP contribution in [-0.2, 0) is 6.42 Å². The van der Waals surface area contributed by atoms with E-state index in [1.165, 1.54) is 4.88 Å². The van der Waals surface area contributed by atoms with Gasteiger partial charge in [-0.1, -0.05) is 30.3 Å². The first kappa shape index (κ1) is 13.1. The van der Waals surface area contributed by atoms with Crippen molar-refractivity contribution >= 4 is 11.3 Å². The van der Waals surface area contributed by atoms with Crippen molar-refractivity contribution in [1.82, 2.24) is 10.3 Å². The summed E-state index contributed by atoms with van der Waals surface area (Å²) < 4.78 is 5.46. The summed E-state index contributed by atoms with van der Waals surface area (Å²) in [7, 11) is 1.97. The molecule has 2 heterocycles. The van der Waals surface area contributed by atoms with E-state index in [9.17, 15) is 0 Å². The van der Waals surface area contributed by atoms with Crippen LogP contribution in [0.1, 0.15) is 4.88 Å². The standard InChI is InChI=1S/C16H16N2OS/c1-17-10-9-14-15(12-6-3-2-4-7-12)18-16(20-14)13-8-5-11-19-13/h2-8,11,17H,9-10H2,1H3. The highest BCUT2D eigenvalue weighted by molar-refractivity contribution is 7.15. The second-order valence-corrected chi connectivity index (χ2v) is 5.57. The van der Waals surface area contributed by atoms with Crippen molar-refractivity contribution in [2.24, 2.45) is 0 Å². The molecule has 102 valence electrons. The van der Waals surface area contributed by atoms with Crippen LogP contribution < -0.4 is 5.32 Å². The molecular weight excluding hydrogens is 268 g/mol. The summed E-state index contributed by atoms with van der Waals surface area (Å²) in [6.07, 6.45) is 2.66. The lowest BCUT2D eigenvalue weighted by molar-refractivity contribution is 0.582. The zero-order valence-electron chi connectivity index (χ0n) is 11.3. The highest BCUT2D eigenvalue weighted by Crippen LogP contribution is 2.34. The van der Waals surface area contributed by atoms with Gasteiger partial charge in [-0.3, -0.25) is 0 Å². The zero-order chi connectivity index (χ0) is 13.8. The van der Waals surface area contributed by atoms with Crippen LogP contribution in [-0.4, -0.2) is 18.6 Å². The molecule has 0 fully saturated rings. The van der Waals surface area contributed by atoms with E-state index < -0.39 is 0 Å². The van der Waals surface area contributed by atoms with Crippen molar-refractivity contribution in [3.05, 3.63) is 53.6 Å². The van der Waals surface area contributed by atoms with E-state index >= 15 is 0 Å². The first-order chi connectivity index (χ1) is 9.88. The van der Waals surface area contributed by atoms with E-state index in [4.69, 9.17) is 9.40 Å². The Balaban J connectivity index is 2.02. The van der Waals surface area contributed by atoms with Gasteiger partial charge in [0.25, 0.3) is 0 Å². The van der Waals surface area contributed by atoms with Crippen LogP contribution in [0.25, 0.3) is 22.0 Å². The molecule has 2 aromatic heterocycles. The smallest absolute Gasteiger partial charge is 0.162 e. The lowest BCUT2D eigenvalue weighted by Crippen LogP contribution is -2.09. The quantitative estimate of drug-likeness (QED) is 0.773. The normalized spacial score (nSPS) is 10.8. The second kappa shape index (κ2) is 6.03. The Kier molecular flexibility index (Phi) is 3.95. The number of benzene rings is 1. The molecule has 0 spiro atoms. The van der Waals surface area contributed by atoms with Gasteiger partial charge >= 0.3 is 0 Å². The molecule has 0 atom stereocenters. The van der Waals surface area contributed by atoms with Crippen molar-refractivity contribution in [2.75, 3.05) is 13.6 Å². The fourth-order valence-electron chi connectivity index (χ4n) is 2.09. The number of thiazole rings is 1. The number of aromatic nitrogens is 1. The van der Waals surface area contributed by atoms with Crippen LogP contribution in [0.4, 0.5) is 0 Å². The van der Waals surface area contributed by atoms with Gasteiger partial charge < -0.3 is 9.73 Å². The molecule has 0 saturated heterocycles. The summed E-state index contributed by atoms with van der Waals surface area (Å²) in [4.78, 5) is 6.06. The Bertz CT molecular complexity index is 659. The minimum absolute atomic E-state index is 0.836. The molecule has 0 aliphatic carbocycles. The Labute approximate surface area is 122 Å². The summed E-state index contributed by atoms with van der Waals surface area (Å²) in [5, 5.41) is 4.14. The van der Waals surface area contributed by atoms with Crippen molar-refractivity contribution in [2.45, 2.75) is 6.42 Å². The highest BCUT2D eigenvalue weighted by Gasteiger charge is 2.15. The van der Waals surface area contributed by atoms with Gasteiger partial charge in [-0.05, 0) is 32.1 Å². The Morgan fingerprint density at radius 3 is 2.70 bits per heavy atom. The van der Waals surface area contributed by atoms with Gasteiger partial charge in [0.2, 0.25) is 0 Å². The van der Waals surface area contributed by atoms with Crippen LogP contribution in [0.2, 0.25) is 0 Å². The summed E-state index contributed by atoms with van der Waals surface area (Å²) in [6, 6.07) is 14.2. The van der Waals surface area contributed by atoms with Gasteiger partial charge in [-0.15, -0.1) is 11.3 Å². The van der Waals surface area contributed by atoms with E-state index in [-0.39, 0.29) is 0 Å². The van der Waals surface area contributed by atoms with E-state index in [1.54, 1.807) is 17.6 Å². The minimum atomic E-state index is 0.836. The van der Waals surface area contributed by atoms with Crippen LogP contribution >= 0.6 is 11.3 Å². The molecule has 0 saturated carbocycles. The van der Waals surface area contributed by atoms with Gasteiger partial charge in [-0.2, -0.15) is 0 Å². The molecule has 3 aromatic rings. The van der Waals surface area contributed by atoms with Crippen molar-refractivity contribution < 1.29 is 4.42 Å². The van der Waals surface area contributed by atoms with Crippen LogP contribution in [0.5, 0.6) is 0 Å². The van der Waals surface area contributed by atoms with Gasteiger partial charge in [0.15, 0.2) is 10.8 Å². The second-order valence-electron chi connectivity index (χ2n) is 4.49. The van der Waals surface area contributed by atoms with Gasteiger partial charge in [-0.25, -0.2) is 4.98 Å². The maximum atomic E-state index is 5.46. The average Bonchev–Trinajstić information content (AvgIpc) is 3.15. The third-order valence-electron chi connectivity index (χ3n) is 3.08. The average molecular weight is 284 g/mol. The maximum Gasteiger partial charge on any atom is 0.162 e. The largest absolute Gasteiger partial charge is 0.462 e. The summed E-state index contributed by atoms with van der Waals surface area (Å²) >= 11 is 1.71. The molecular formula is C16H16N2OS. The monoisotopic (exact) mass is 284 g/mol. The van der Waals surface area contributed by atoms with Crippen molar-refractivity contribution in [3.8, 4) is 22.0 Å². The fourth-order valence-corrected chi connectivity index (χ4v) is 3.14. The van der Waals surface area contributed by atoms with Crippen LogP contribution in [0.3, 0.4) is 0 Å². The lowest BCUT2D eigenvalue weighted by Gasteiger charge is -2.01. The maximum absolute atomic E-state index is 5.46. The third-order valence-corrected chi connectivity index (χ3v) is 4.21. The lowest BCUT2D eigenvalue weighted by atomic mass is 10.1. The first-order valence-electron chi connectivity index (χ1n) is 6.62. The number of rotatable bonds is 5. The number of hydrogen-bond acceptors (Lipinski definition) is 4. The Morgan fingerprint density at radius 2 is 2.00 bits per heavy atom. The zero-order valence-corrected chi connectivity index (χ0v) is 12.1. The summed E-state index contributed by atoms with van der Waals surface area (Å²) in [5.41, 5.74) is 2.23. The number of furan rings is 1. The Hall–Kier alpha value is -1.91. The molecule has 3 rings (SSSR count). The first-order valence-corrected chi connectivity index (χ1v) is 7.43. The number of hydrogen-bond donors (Lipinski definition) is 1. The molecule has 0 bridgehead atoms. The number of nitrogens with zero attached hydrogens (tertiary/aromatic N) is 1. The molecule has 1 aromatic carbocycles. The van der Waals surface area contributed by atoms with Gasteiger partial charge in [0, 0.05) is 10.4 Å². The molecule has 0 aliphatic rings. The molecule has 0 amide bonds. The van der Waals surface area contributed by atoms with Gasteiger partial charge in [0.1, 0.15) is 0 Å².